The predicted octanol–water partition coefficient (Wildman–Crippen LogP) is 4.32. The number of benzene rings is 1. The molecule has 0 aromatic heterocycles. The third-order valence-corrected chi connectivity index (χ3v) is 3.03. The molecule has 0 saturated carbocycles. The highest BCUT2D eigenvalue weighted by Gasteiger charge is 1.97. The SMILES string of the molecule is C=Cc1c(N)cccc1Cl.CSC(C)C. The van der Waals surface area contributed by atoms with Crippen LogP contribution in [-0.4, -0.2) is 11.5 Å². The summed E-state index contributed by atoms with van der Waals surface area (Å²) < 4.78 is 0. The largest absolute Gasteiger partial charge is 0.398 e. The van der Waals surface area contributed by atoms with Crippen molar-refractivity contribution in [3.63, 3.8) is 0 Å². The van der Waals surface area contributed by atoms with Gasteiger partial charge in [0, 0.05) is 16.3 Å². The van der Waals surface area contributed by atoms with Crippen molar-refractivity contribution in [2.45, 2.75) is 19.1 Å². The standard InChI is InChI=1S/C8H8ClN.C4H10S/c1-2-6-7(9)4-3-5-8(6)10;1-4(2)5-3/h2-5H,1,10H2;4H,1-3H3. The summed E-state index contributed by atoms with van der Waals surface area (Å²) in [6, 6.07) is 5.39. The van der Waals surface area contributed by atoms with Gasteiger partial charge in [-0.1, -0.05) is 44.2 Å². The Labute approximate surface area is 102 Å². The van der Waals surface area contributed by atoms with Crippen molar-refractivity contribution in [3.8, 4) is 0 Å². The molecule has 0 spiro atoms. The van der Waals surface area contributed by atoms with Crippen molar-refractivity contribution in [3.05, 3.63) is 35.4 Å². The van der Waals surface area contributed by atoms with Crippen LogP contribution < -0.4 is 5.73 Å². The van der Waals surface area contributed by atoms with Crippen molar-refractivity contribution in [2.24, 2.45) is 0 Å². The molecule has 0 radical (unpaired) electrons. The molecule has 1 nitrogen and oxygen atoms in total. The molecule has 0 aliphatic rings. The van der Waals surface area contributed by atoms with Gasteiger partial charge < -0.3 is 5.73 Å². The molecule has 1 aromatic carbocycles. The van der Waals surface area contributed by atoms with E-state index in [1.165, 1.54) is 0 Å². The zero-order valence-corrected chi connectivity index (χ0v) is 11.0. The molecule has 0 atom stereocenters. The van der Waals surface area contributed by atoms with Gasteiger partial charge in [0.05, 0.1) is 0 Å². The molecule has 84 valence electrons. The zero-order chi connectivity index (χ0) is 11.8. The molecule has 0 amide bonds. The Balaban J connectivity index is 0.000000336. The van der Waals surface area contributed by atoms with Crippen LogP contribution in [0, 0.1) is 0 Å². The van der Waals surface area contributed by atoms with Crippen LogP contribution in [0.4, 0.5) is 5.69 Å². The third kappa shape index (κ3) is 5.75. The van der Waals surface area contributed by atoms with Gasteiger partial charge >= 0.3 is 0 Å². The molecule has 0 aliphatic heterocycles. The van der Waals surface area contributed by atoms with Crippen molar-refractivity contribution in [1.29, 1.82) is 0 Å². The Morgan fingerprint density at radius 2 is 2.00 bits per heavy atom. The van der Waals surface area contributed by atoms with Gasteiger partial charge in [0.25, 0.3) is 0 Å². The minimum absolute atomic E-state index is 0.648. The van der Waals surface area contributed by atoms with Crippen LogP contribution in [0.1, 0.15) is 19.4 Å². The van der Waals surface area contributed by atoms with Gasteiger partial charge in [-0.2, -0.15) is 11.8 Å². The number of nitrogens with two attached hydrogens (primary N) is 1. The molecule has 0 bridgehead atoms. The van der Waals surface area contributed by atoms with E-state index in [2.05, 4.69) is 26.7 Å². The van der Waals surface area contributed by atoms with Crippen LogP contribution in [0.5, 0.6) is 0 Å². The van der Waals surface area contributed by atoms with Crippen LogP contribution in [0.2, 0.25) is 5.02 Å². The molecule has 0 fully saturated rings. The van der Waals surface area contributed by atoms with Crippen LogP contribution in [0.15, 0.2) is 24.8 Å². The number of thioether (sulfide) groups is 1. The summed E-state index contributed by atoms with van der Waals surface area (Å²) in [5.74, 6) is 0. The molecule has 0 heterocycles. The molecule has 3 heteroatoms. The van der Waals surface area contributed by atoms with Crippen LogP contribution in [-0.2, 0) is 0 Å². The number of hydrogen-bond donors (Lipinski definition) is 1. The highest BCUT2D eigenvalue weighted by molar-refractivity contribution is 7.99. The Bertz CT molecular complexity index is 290. The fourth-order valence-corrected chi connectivity index (χ4v) is 1.03. The zero-order valence-electron chi connectivity index (χ0n) is 9.46. The van der Waals surface area contributed by atoms with Crippen molar-refractivity contribution in [1.82, 2.24) is 0 Å². The second-order valence-electron chi connectivity index (χ2n) is 3.23. The monoisotopic (exact) mass is 243 g/mol. The van der Waals surface area contributed by atoms with E-state index >= 15 is 0 Å². The third-order valence-electron chi connectivity index (χ3n) is 1.76. The van der Waals surface area contributed by atoms with Crippen molar-refractivity contribution >= 4 is 35.1 Å². The van der Waals surface area contributed by atoms with Gasteiger partial charge in [0.15, 0.2) is 0 Å². The predicted molar refractivity (Wildman–Crippen MR) is 74.6 cm³/mol. The summed E-state index contributed by atoms with van der Waals surface area (Å²) in [6.45, 7) is 7.96. The van der Waals surface area contributed by atoms with Crippen LogP contribution >= 0.6 is 23.4 Å². The quantitative estimate of drug-likeness (QED) is 0.783. The molecular formula is C12H18ClNS. The average Bonchev–Trinajstić information content (AvgIpc) is 2.19. The number of rotatable bonds is 2. The van der Waals surface area contributed by atoms with Gasteiger partial charge in [0.2, 0.25) is 0 Å². The van der Waals surface area contributed by atoms with Crippen molar-refractivity contribution < 1.29 is 0 Å². The number of halogens is 1. The Kier molecular flexibility index (Phi) is 7.35. The fourth-order valence-electron chi connectivity index (χ4n) is 0.769. The molecular weight excluding hydrogens is 226 g/mol. The van der Waals surface area contributed by atoms with Crippen LogP contribution in [0.3, 0.4) is 0 Å². The summed E-state index contributed by atoms with van der Waals surface area (Å²) >= 11 is 7.66. The highest BCUT2D eigenvalue weighted by Crippen LogP contribution is 2.22. The summed E-state index contributed by atoms with van der Waals surface area (Å²) in [5.41, 5.74) is 7.05. The first-order chi connectivity index (χ1) is 7.02. The van der Waals surface area contributed by atoms with Gasteiger partial charge in [0.1, 0.15) is 0 Å². The minimum Gasteiger partial charge on any atom is -0.398 e. The normalized spacial score (nSPS) is 9.40. The second kappa shape index (κ2) is 7.66. The minimum atomic E-state index is 0.648. The first-order valence-corrected chi connectivity index (χ1v) is 6.38. The Morgan fingerprint density at radius 1 is 1.47 bits per heavy atom. The smallest absolute Gasteiger partial charge is 0.0498 e. The van der Waals surface area contributed by atoms with E-state index in [1.54, 1.807) is 18.2 Å². The number of nitrogen functional groups attached to an aromatic ring is 1. The lowest BCUT2D eigenvalue weighted by atomic mass is 10.2. The van der Waals surface area contributed by atoms with Gasteiger partial charge in [-0.3, -0.25) is 0 Å². The molecule has 1 rings (SSSR count). The fraction of sp³-hybridized carbons (Fsp3) is 0.333. The van der Waals surface area contributed by atoms with Gasteiger partial charge in [-0.05, 0) is 23.6 Å². The highest BCUT2D eigenvalue weighted by atomic mass is 35.5. The molecule has 0 saturated heterocycles. The maximum Gasteiger partial charge on any atom is 0.0498 e. The number of hydrogen-bond acceptors (Lipinski definition) is 2. The van der Waals surface area contributed by atoms with E-state index in [0.717, 1.165) is 10.8 Å². The lowest BCUT2D eigenvalue weighted by Crippen LogP contribution is -1.88. The molecule has 1 aromatic rings. The van der Waals surface area contributed by atoms with E-state index in [9.17, 15) is 0 Å². The number of anilines is 1. The van der Waals surface area contributed by atoms with Crippen molar-refractivity contribution in [2.75, 3.05) is 12.0 Å². The second-order valence-corrected chi connectivity index (χ2v) is 5.05. The lowest BCUT2D eigenvalue weighted by Gasteiger charge is -2.00. The first-order valence-electron chi connectivity index (χ1n) is 4.72. The Morgan fingerprint density at radius 3 is 2.27 bits per heavy atom. The van der Waals surface area contributed by atoms with E-state index in [0.29, 0.717) is 10.7 Å². The average molecular weight is 244 g/mol. The van der Waals surface area contributed by atoms with E-state index in [4.69, 9.17) is 17.3 Å². The molecule has 15 heavy (non-hydrogen) atoms. The summed E-state index contributed by atoms with van der Waals surface area (Å²) in [5, 5.41) is 1.45. The van der Waals surface area contributed by atoms with E-state index < -0.39 is 0 Å². The molecule has 0 aliphatic carbocycles. The Hall–Kier alpha value is -0.600. The topological polar surface area (TPSA) is 26.0 Å². The summed E-state index contributed by atoms with van der Waals surface area (Å²) in [7, 11) is 0. The maximum absolute atomic E-state index is 5.78. The maximum atomic E-state index is 5.78. The van der Waals surface area contributed by atoms with Gasteiger partial charge in [-0.25, -0.2) is 0 Å². The molecule has 0 unspecified atom stereocenters. The van der Waals surface area contributed by atoms with Crippen LogP contribution in [0.25, 0.3) is 6.08 Å². The first kappa shape index (κ1) is 14.4. The van der Waals surface area contributed by atoms with Gasteiger partial charge in [-0.15, -0.1) is 0 Å². The summed E-state index contributed by atoms with van der Waals surface area (Å²) in [6.07, 6.45) is 3.77. The molecule has 2 N–H and O–H groups in total. The van der Waals surface area contributed by atoms with E-state index in [1.807, 2.05) is 17.8 Å². The lowest BCUT2D eigenvalue weighted by molar-refractivity contribution is 1.12. The van der Waals surface area contributed by atoms with E-state index in [-0.39, 0.29) is 0 Å². The summed E-state index contributed by atoms with van der Waals surface area (Å²) in [4.78, 5) is 0.